The minimum absolute atomic E-state index is 0.0249. The smallest absolute Gasteiger partial charge is 0.261 e. The van der Waals surface area contributed by atoms with Gasteiger partial charge in [0.25, 0.3) is 10.0 Å². The first-order valence-corrected chi connectivity index (χ1v) is 13.4. The minimum Gasteiger partial charge on any atom is -0.369 e. The Balaban J connectivity index is 1.91. The van der Waals surface area contributed by atoms with Crippen LogP contribution in [0.15, 0.2) is 52.3 Å². The Morgan fingerprint density at radius 2 is 1.45 bits per heavy atom. The number of anilines is 2. The fourth-order valence-electron chi connectivity index (χ4n) is 3.81. The lowest BCUT2D eigenvalue weighted by Crippen LogP contribution is -2.34. The van der Waals surface area contributed by atoms with Gasteiger partial charge >= 0.3 is 0 Å². The Hall–Kier alpha value is -1.81. The van der Waals surface area contributed by atoms with Crippen molar-refractivity contribution in [2.45, 2.75) is 47.9 Å². The van der Waals surface area contributed by atoms with Crippen LogP contribution in [0.4, 0.5) is 11.4 Å². The molecular weight excluding hydrogens is 458 g/mol. The molecule has 1 fully saturated rings. The number of halogens is 1. The zero-order valence-corrected chi connectivity index (χ0v) is 20.3. The van der Waals surface area contributed by atoms with E-state index in [0.29, 0.717) is 22.4 Å². The summed E-state index contributed by atoms with van der Waals surface area (Å²) < 4.78 is 54.2. The Labute approximate surface area is 190 Å². The number of nitrogens with one attached hydrogen (secondary N) is 1. The Morgan fingerprint density at radius 3 is 2.03 bits per heavy atom. The summed E-state index contributed by atoms with van der Waals surface area (Å²) in [6.07, 6.45) is 5.57. The molecule has 0 bridgehead atoms. The molecule has 0 unspecified atom stereocenters. The second-order valence-electron chi connectivity index (χ2n) is 7.90. The second-order valence-corrected chi connectivity index (χ2v) is 12.1. The van der Waals surface area contributed by atoms with Crippen LogP contribution in [0.3, 0.4) is 0 Å². The summed E-state index contributed by atoms with van der Waals surface area (Å²) in [6, 6.07) is 10.6. The van der Waals surface area contributed by atoms with E-state index < -0.39 is 20.0 Å². The van der Waals surface area contributed by atoms with Crippen molar-refractivity contribution in [2.24, 2.45) is 0 Å². The number of hydrogen-bond donors (Lipinski definition) is 1. The highest BCUT2D eigenvalue weighted by atomic mass is 35.5. The third kappa shape index (κ3) is 5.16. The van der Waals surface area contributed by atoms with Crippen LogP contribution in [0.1, 0.15) is 32.1 Å². The van der Waals surface area contributed by atoms with E-state index in [-0.39, 0.29) is 9.79 Å². The van der Waals surface area contributed by atoms with Gasteiger partial charge in [-0.3, -0.25) is 4.72 Å². The molecule has 3 rings (SSSR count). The van der Waals surface area contributed by atoms with Crippen molar-refractivity contribution >= 4 is 43.0 Å². The molecule has 1 saturated carbocycles. The van der Waals surface area contributed by atoms with Gasteiger partial charge < -0.3 is 4.90 Å². The quantitative estimate of drug-likeness (QED) is 0.636. The summed E-state index contributed by atoms with van der Waals surface area (Å²) in [4.78, 5) is 2.06. The molecule has 7 nitrogen and oxygen atoms in total. The third-order valence-electron chi connectivity index (χ3n) is 5.62. The first kappa shape index (κ1) is 23.8. The summed E-state index contributed by atoms with van der Waals surface area (Å²) in [6.45, 7) is 0. The van der Waals surface area contributed by atoms with Gasteiger partial charge in [-0.15, -0.1) is 0 Å². The van der Waals surface area contributed by atoms with Crippen LogP contribution in [0.5, 0.6) is 0 Å². The number of hydrogen-bond acceptors (Lipinski definition) is 5. The van der Waals surface area contributed by atoms with Crippen molar-refractivity contribution in [3.05, 3.63) is 47.5 Å². The lowest BCUT2D eigenvalue weighted by molar-refractivity contribution is 0.428. The number of sulfonamides is 2. The average Bonchev–Trinajstić information content (AvgIpc) is 2.74. The lowest BCUT2D eigenvalue weighted by atomic mass is 9.94. The lowest BCUT2D eigenvalue weighted by Gasteiger charge is -2.34. The number of para-hydroxylation sites is 1. The van der Waals surface area contributed by atoms with E-state index in [4.69, 9.17) is 11.6 Å². The normalized spacial score (nSPS) is 15.8. The van der Waals surface area contributed by atoms with E-state index >= 15 is 0 Å². The van der Waals surface area contributed by atoms with Crippen molar-refractivity contribution in [3.8, 4) is 0 Å². The maximum absolute atomic E-state index is 13.0. The number of benzene rings is 2. The van der Waals surface area contributed by atoms with Crippen molar-refractivity contribution in [2.75, 3.05) is 30.8 Å². The van der Waals surface area contributed by atoms with E-state index in [0.717, 1.165) is 30.0 Å². The molecule has 1 aliphatic carbocycles. The van der Waals surface area contributed by atoms with Gasteiger partial charge in [0.1, 0.15) is 0 Å². The maximum Gasteiger partial charge on any atom is 0.261 e. The van der Waals surface area contributed by atoms with Gasteiger partial charge in [-0.2, -0.15) is 0 Å². The van der Waals surface area contributed by atoms with Gasteiger partial charge in [-0.05, 0) is 49.2 Å². The highest BCUT2D eigenvalue weighted by Crippen LogP contribution is 2.38. The molecule has 0 radical (unpaired) electrons. The Kier molecular flexibility index (Phi) is 7.20. The highest BCUT2D eigenvalue weighted by molar-refractivity contribution is 7.92. The first-order valence-electron chi connectivity index (χ1n) is 10.1. The van der Waals surface area contributed by atoms with Crippen molar-refractivity contribution in [3.63, 3.8) is 0 Å². The molecule has 0 aromatic heterocycles. The van der Waals surface area contributed by atoms with Gasteiger partial charge in [0, 0.05) is 27.2 Å². The van der Waals surface area contributed by atoms with Gasteiger partial charge in [0.05, 0.1) is 26.2 Å². The first-order chi connectivity index (χ1) is 14.5. The molecule has 0 aliphatic heterocycles. The topological polar surface area (TPSA) is 86.8 Å². The molecule has 170 valence electrons. The summed E-state index contributed by atoms with van der Waals surface area (Å²) in [5, 5.41) is 0.473. The third-order valence-corrected chi connectivity index (χ3v) is 9.13. The van der Waals surface area contributed by atoms with E-state index in [2.05, 4.69) is 9.62 Å². The van der Waals surface area contributed by atoms with E-state index in [1.165, 1.54) is 44.8 Å². The SMILES string of the molecule is CN(c1c(Cl)cccc1NS(=O)(=O)c1ccc(S(=O)(=O)N(C)C)cc1)C1CCCCC1. The molecule has 0 spiro atoms. The van der Waals surface area contributed by atoms with Crippen molar-refractivity contribution < 1.29 is 16.8 Å². The molecular formula is C21H28ClN3O4S2. The molecule has 0 atom stereocenters. The van der Waals surface area contributed by atoms with Gasteiger partial charge in [0.15, 0.2) is 0 Å². The maximum atomic E-state index is 13.0. The van der Waals surface area contributed by atoms with Crippen molar-refractivity contribution in [1.29, 1.82) is 0 Å². The number of rotatable bonds is 7. The van der Waals surface area contributed by atoms with Crippen LogP contribution < -0.4 is 9.62 Å². The molecule has 2 aromatic rings. The average molecular weight is 486 g/mol. The Morgan fingerprint density at radius 1 is 0.871 bits per heavy atom. The van der Waals surface area contributed by atoms with E-state index in [1.54, 1.807) is 18.2 Å². The fraction of sp³-hybridized carbons (Fsp3) is 0.429. The summed E-state index contributed by atoms with van der Waals surface area (Å²) in [7, 11) is -2.80. The van der Waals surface area contributed by atoms with Crippen LogP contribution in [-0.2, 0) is 20.0 Å². The van der Waals surface area contributed by atoms with E-state index in [9.17, 15) is 16.8 Å². The largest absolute Gasteiger partial charge is 0.369 e. The molecule has 0 saturated heterocycles. The molecule has 1 N–H and O–H groups in total. The van der Waals surface area contributed by atoms with Crippen LogP contribution in [0.25, 0.3) is 0 Å². The predicted octanol–water partition coefficient (Wildman–Crippen LogP) is 4.16. The number of nitrogens with zero attached hydrogens (tertiary/aromatic N) is 2. The summed E-state index contributed by atoms with van der Waals surface area (Å²) >= 11 is 6.47. The van der Waals surface area contributed by atoms with Crippen molar-refractivity contribution in [1.82, 2.24) is 4.31 Å². The standard InChI is InChI=1S/C21H28ClN3O4S2/c1-24(2)31(28,29)18-14-12-17(13-15-18)30(26,27)23-20-11-7-10-19(22)21(20)25(3)16-8-5-4-6-9-16/h7,10-16,23H,4-6,8-9H2,1-3H3. The summed E-state index contributed by atoms with van der Waals surface area (Å²) in [5.74, 6) is 0. The molecule has 0 heterocycles. The molecule has 2 aromatic carbocycles. The molecule has 0 amide bonds. The minimum atomic E-state index is -3.94. The molecule has 1 aliphatic rings. The fourth-order valence-corrected chi connectivity index (χ4v) is 6.09. The van der Waals surface area contributed by atoms with Gasteiger partial charge in [-0.25, -0.2) is 21.1 Å². The predicted molar refractivity (Wildman–Crippen MR) is 125 cm³/mol. The monoisotopic (exact) mass is 485 g/mol. The Bertz CT molecular complexity index is 1130. The van der Waals surface area contributed by atoms with Gasteiger partial charge in [-0.1, -0.05) is 36.9 Å². The van der Waals surface area contributed by atoms with Crippen LogP contribution in [0, 0.1) is 0 Å². The van der Waals surface area contributed by atoms with E-state index in [1.807, 2.05) is 7.05 Å². The molecule has 31 heavy (non-hydrogen) atoms. The summed E-state index contributed by atoms with van der Waals surface area (Å²) in [5.41, 5.74) is 1.04. The van der Waals surface area contributed by atoms with Gasteiger partial charge in [0.2, 0.25) is 10.0 Å². The second kappa shape index (κ2) is 9.36. The zero-order chi connectivity index (χ0) is 22.8. The van der Waals surface area contributed by atoms with Crippen LogP contribution in [-0.4, -0.2) is 48.3 Å². The zero-order valence-electron chi connectivity index (χ0n) is 17.9. The molecule has 10 heteroatoms. The highest BCUT2D eigenvalue weighted by Gasteiger charge is 2.25. The van der Waals surface area contributed by atoms with Crippen LogP contribution in [0.2, 0.25) is 5.02 Å². The van der Waals surface area contributed by atoms with Crippen LogP contribution >= 0.6 is 11.6 Å².